The number of carbonyl (C=O) groups is 2. The molecule has 1 aliphatic rings. The molecule has 2 rings (SSSR count). The minimum absolute atomic E-state index is 0.00979. The molecule has 5 nitrogen and oxygen atoms in total. The summed E-state index contributed by atoms with van der Waals surface area (Å²) in [6.45, 7) is 11.0. The van der Waals surface area contributed by atoms with E-state index in [1.165, 1.54) is 5.56 Å². The van der Waals surface area contributed by atoms with Gasteiger partial charge in [0.2, 0.25) is 11.8 Å². The van der Waals surface area contributed by atoms with E-state index >= 15 is 0 Å². The lowest BCUT2D eigenvalue weighted by atomic mass is 10.1. The van der Waals surface area contributed by atoms with Gasteiger partial charge in [-0.3, -0.25) is 9.59 Å². The molecule has 1 aromatic carbocycles. The predicted octanol–water partition coefficient (Wildman–Crippen LogP) is 1.03. The van der Waals surface area contributed by atoms with E-state index in [1.807, 2.05) is 24.3 Å². The lowest BCUT2D eigenvalue weighted by molar-refractivity contribution is -0.896. The van der Waals surface area contributed by atoms with Crippen molar-refractivity contribution in [2.75, 3.05) is 37.6 Å². The van der Waals surface area contributed by atoms with Crippen molar-refractivity contribution in [3.05, 3.63) is 29.8 Å². The highest BCUT2D eigenvalue weighted by molar-refractivity contribution is 6.00. The number of nitrogens with one attached hydrogen (secondary N) is 2. The second kappa shape index (κ2) is 9.56. The van der Waals surface area contributed by atoms with Crippen LogP contribution in [0.5, 0.6) is 0 Å². The van der Waals surface area contributed by atoms with Gasteiger partial charge in [0.25, 0.3) is 0 Å². The highest BCUT2D eigenvalue weighted by Crippen LogP contribution is 2.25. The zero-order chi connectivity index (χ0) is 18.2. The maximum atomic E-state index is 12.4. The third-order valence-electron chi connectivity index (χ3n) is 5.16. The first-order chi connectivity index (χ1) is 12.1. The summed E-state index contributed by atoms with van der Waals surface area (Å²) in [4.78, 5) is 27.9. The van der Waals surface area contributed by atoms with Gasteiger partial charge in [-0.25, -0.2) is 0 Å². The molecule has 2 amide bonds. The summed E-state index contributed by atoms with van der Waals surface area (Å²) in [5.74, 6) is -0.188. The first kappa shape index (κ1) is 19.4. The Hall–Kier alpha value is -1.88. The van der Waals surface area contributed by atoms with Gasteiger partial charge in [-0.05, 0) is 38.0 Å². The molecule has 1 saturated heterocycles. The standard InChI is InChI=1S/C20H31N3O2/c1-4-16-8-10-18(11-9-16)23-15-17(14-19(23)24)20(25)21-12-7-13-22(5-2)6-3/h8-11,17H,4-7,12-15H2,1-3H3,(H,21,25)/p+1/t17-/m0/s1. The maximum Gasteiger partial charge on any atom is 0.227 e. The Morgan fingerprint density at radius 3 is 2.48 bits per heavy atom. The van der Waals surface area contributed by atoms with E-state index in [-0.39, 0.29) is 17.7 Å². The number of nitrogens with zero attached hydrogens (tertiary/aromatic N) is 1. The lowest BCUT2D eigenvalue weighted by Crippen LogP contribution is -3.11. The van der Waals surface area contributed by atoms with Gasteiger partial charge in [0.1, 0.15) is 0 Å². The quantitative estimate of drug-likeness (QED) is 0.656. The van der Waals surface area contributed by atoms with Crippen LogP contribution in [-0.4, -0.2) is 44.5 Å². The van der Waals surface area contributed by atoms with E-state index in [9.17, 15) is 9.59 Å². The highest BCUT2D eigenvalue weighted by atomic mass is 16.2. The lowest BCUT2D eigenvalue weighted by Gasteiger charge is -2.17. The average Bonchev–Trinajstić information content (AvgIpc) is 3.03. The van der Waals surface area contributed by atoms with E-state index in [4.69, 9.17) is 0 Å². The van der Waals surface area contributed by atoms with E-state index in [2.05, 4.69) is 26.1 Å². The third kappa shape index (κ3) is 5.30. The van der Waals surface area contributed by atoms with Gasteiger partial charge in [0.15, 0.2) is 0 Å². The molecular formula is C20H32N3O2+. The Morgan fingerprint density at radius 2 is 1.88 bits per heavy atom. The van der Waals surface area contributed by atoms with E-state index < -0.39 is 0 Å². The topological polar surface area (TPSA) is 53.9 Å². The highest BCUT2D eigenvalue weighted by Gasteiger charge is 2.34. The largest absolute Gasteiger partial charge is 0.356 e. The molecule has 5 heteroatoms. The number of benzene rings is 1. The van der Waals surface area contributed by atoms with E-state index in [0.717, 1.165) is 38.2 Å². The van der Waals surface area contributed by atoms with Gasteiger partial charge < -0.3 is 15.1 Å². The normalized spacial score (nSPS) is 17.4. The molecule has 1 aromatic rings. The summed E-state index contributed by atoms with van der Waals surface area (Å²) in [5, 5.41) is 3.01. The van der Waals surface area contributed by atoms with Crippen molar-refractivity contribution in [2.45, 2.75) is 40.0 Å². The number of quaternary nitrogens is 1. The summed E-state index contributed by atoms with van der Waals surface area (Å²) in [7, 11) is 0. The number of aryl methyl sites for hydroxylation is 1. The molecule has 0 aliphatic carbocycles. The van der Waals surface area contributed by atoms with Crippen LogP contribution in [0.25, 0.3) is 0 Å². The fourth-order valence-corrected chi connectivity index (χ4v) is 3.34. The van der Waals surface area contributed by atoms with Crippen molar-refractivity contribution in [1.29, 1.82) is 0 Å². The monoisotopic (exact) mass is 346 g/mol. The van der Waals surface area contributed by atoms with Gasteiger partial charge in [-0.15, -0.1) is 0 Å². The molecule has 0 saturated carbocycles. The summed E-state index contributed by atoms with van der Waals surface area (Å²) >= 11 is 0. The Bertz CT molecular complexity index is 567. The van der Waals surface area contributed by atoms with Crippen molar-refractivity contribution in [1.82, 2.24) is 5.32 Å². The van der Waals surface area contributed by atoms with Crippen molar-refractivity contribution in [3.8, 4) is 0 Å². The van der Waals surface area contributed by atoms with E-state index in [0.29, 0.717) is 19.5 Å². The predicted molar refractivity (Wildman–Crippen MR) is 101 cm³/mol. The minimum atomic E-state index is -0.237. The number of carbonyl (C=O) groups excluding carboxylic acids is 2. The molecule has 1 fully saturated rings. The first-order valence-corrected chi connectivity index (χ1v) is 9.59. The van der Waals surface area contributed by atoms with Crippen LogP contribution in [0.15, 0.2) is 24.3 Å². The fourth-order valence-electron chi connectivity index (χ4n) is 3.34. The second-order valence-corrected chi connectivity index (χ2v) is 6.78. The SMILES string of the molecule is CCc1ccc(N2C[C@@H](C(=O)NCCC[NH+](CC)CC)CC2=O)cc1. The first-order valence-electron chi connectivity index (χ1n) is 9.59. The maximum absolute atomic E-state index is 12.4. The van der Waals surface area contributed by atoms with E-state index in [1.54, 1.807) is 9.80 Å². The van der Waals surface area contributed by atoms with Crippen LogP contribution in [0.1, 0.15) is 39.2 Å². The molecule has 0 spiro atoms. The van der Waals surface area contributed by atoms with Gasteiger partial charge >= 0.3 is 0 Å². The Balaban J connectivity index is 1.81. The van der Waals surface area contributed by atoms with Crippen LogP contribution in [0, 0.1) is 5.92 Å². The molecule has 1 aliphatic heterocycles. The summed E-state index contributed by atoms with van der Waals surface area (Å²) < 4.78 is 0. The number of anilines is 1. The van der Waals surface area contributed by atoms with Crippen LogP contribution in [0.2, 0.25) is 0 Å². The number of amides is 2. The average molecular weight is 346 g/mol. The molecule has 0 unspecified atom stereocenters. The van der Waals surface area contributed by atoms with Crippen LogP contribution < -0.4 is 15.1 Å². The van der Waals surface area contributed by atoms with Crippen molar-refractivity contribution >= 4 is 17.5 Å². The molecule has 1 atom stereocenters. The second-order valence-electron chi connectivity index (χ2n) is 6.78. The molecule has 1 heterocycles. The van der Waals surface area contributed by atoms with Crippen molar-refractivity contribution in [3.63, 3.8) is 0 Å². The van der Waals surface area contributed by atoms with Crippen molar-refractivity contribution < 1.29 is 14.5 Å². The van der Waals surface area contributed by atoms with Gasteiger partial charge in [0, 0.05) is 31.6 Å². The Kier molecular flexibility index (Phi) is 7.44. The minimum Gasteiger partial charge on any atom is -0.356 e. The van der Waals surface area contributed by atoms with Gasteiger partial charge in [-0.2, -0.15) is 0 Å². The number of hydrogen-bond acceptors (Lipinski definition) is 2. The zero-order valence-electron chi connectivity index (χ0n) is 15.8. The van der Waals surface area contributed by atoms with Crippen LogP contribution in [-0.2, 0) is 16.0 Å². The zero-order valence-corrected chi connectivity index (χ0v) is 15.8. The smallest absolute Gasteiger partial charge is 0.227 e. The Morgan fingerprint density at radius 1 is 1.20 bits per heavy atom. The molecule has 0 aromatic heterocycles. The fraction of sp³-hybridized carbons (Fsp3) is 0.600. The molecule has 25 heavy (non-hydrogen) atoms. The van der Waals surface area contributed by atoms with Crippen molar-refractivity contribution in [2.24, 2.45) is 5.92 Å². The number of hydrogen-bond donors (Lipinski definition) is 2. The number of rotatable bonds is 9. The Labute approximate surface area is 151 Å². The summed E-state index contributed by atoms with van der Waals surface area (Å²) in [6.07, 6.45) is 2.27. The summed E-state index contributed by atoms with van der Waals surface area (Å²) in [6, 6.07) is 8.05. The third-order valence-corrected chi connectivity index (χ3v) is 5.16. The van der Waals surface area contributed by atoms with Crippen LogP contribution >= 0.6 is 0 Å². The molecule has 138 valence electrons. The summed E-state index contributed by atoms with van der Waals surface area (Å²) in [5.41, 5.74) is 2.14. The van der Waals surface area contributed by atoms with Crippen LogP contribution in [0.3, 0.4) is 0 Å². The molecular weight excluding hydrogens is 314 g/mol. The van der Waals surface area contributed by atoms with Crippen LogP contribution in [0.4, 0.5) is 5.69 Å². The molecule has 0 radical (unpaired) electrons. The molecule has 0 bridgehead atoms. The van der Waals surface area contributed by atoms with Gasteiger partial charge in [0.05, 0.1) is 25.6 Å². The van der Waals surface area contributed by atoms with Gasteiger partial charge in [-0.1, -0.05) is 19.1 Å². The molecule has 2 N–H and O–H groups in total.